The van der Waals surface area contributed by atoms with E-state index in [1.165, 1.54) is 0 Å². The molecule has 0 radical (unpaired) electrons. The molecule has 0 saturated carbocycles. The van der Waals surface area contributed by atoms with Crippen LogP contribution < -0.4 is 15.2 Å². The highest BCUT2D eigenvalue weighted by atomic mass is 79.9. The van der Waals surface area contributed by atoms with Crippen molar-refractivity contribution < 1.29 is 14.6 Å². The lowest BCUT2D eigenvalue weighted by atomic mass is 10.0. The quantitative estimate of drug-likeness (QED) is 0.235. The van der Waals surface area contributed by atoms with Crippen molar-refractivity contribution in [1.82, 2.24) is 4.98 Å². The normalized spacial score (nSPS) is 13.6. The van der Waals surface area contributed by atoms with Crippen LogP contribution in [0, 0.1) is 0 Å². The van der Waals surface area contributed by atoms with E-state index in [1.807, 2.05) is 42.5 Å². The van der Waals surface area contributed by atoms with Gasteiger partial charge in [0.25, 0.3) is 0 Å². The number of hydrogen-bond donors (Lipinski definition) is 2. The number of aliphatic hydroxyl groups excluding tert-OH is 1. The zero-order valence-electron chi connectivity index (χ0n) is 19.2. The Balaban J connectivity index is 1.62. The van der Waals surface area contributed by atoms with Gasteiger partial charge in [0.1, 0.15) is 18.5 Å². The van der Waals surface area contributed by atoms with Gasteiger partial charge >= 0.3 is 0 Å². The summed E-state index contributed by atoms with van der Waals surface area (Å²) in [6.07, 6.45) is 0.535. The summed E-state index contributed by atoms with van der Waals surface area (Å²) in [7, 11) is 0. The van der Waals surface area contributed by atoms with Gasteiger partial charge in [-0.3, -0.25) is 0 Å². The number of halogens is 2. The molecule has 0 bridgehead atoms. The molecule has 1 aromatic heterocycles. The topological polar surface area (TPSA) is 77.6 Å². The summed E-state index contributed by atoms with van der Waals surface area (Å²) in [5.41, 5.74) is 10.2. The van der Waals surface area contributed by atoms with Crippen molar-refractivity contribution in [1.29, 1.82) is 0 Å². The van der Waals surface area contributed by atoms with Crippen LogP contribution in [-0.4, -0.2) is 16.2 Å². The van der Waals surface area contributed by atoms with E-state index in [0.717, 1.165) is 26.7 Å². The molecule has 1 heterocycles. The molecule has 4 aromatic rings. The lowest BCUT2D eigenvalue weighted by Gasteiger charge is -2.32. The Labute approximate surface area is 218 Å². The number of pyridine rings is 1. The van der Waals surface area contributed by atoms with Crippen LogP contribution in [0.4, 0.5) is 0 Å². The minimum absolute atomic E-state index is 0.237. The van der Waals surface area contributed by atoms with E-state index in [1.54, 1.807) is 37.4 Å². The fourth-order valence-corrected chi connectivity index (χ4v) is 4.56. The Morgan fingerprint density at radius 1 is 1.03 bits per heavy atom. The lowest BCUT2D eigenvalue weighted by molar-refractivity contribution is 0.0115. The lowest BCUT2D eigenvalue weighted by Crippen LogP contribution is -2.38. The molecule has 0 spiro atoms. The van der Waals surface area contributed by atoms with Gasteiger partial charge in [-0.15, -0.1) is 0 Å². The molecule has 0 aliphatic heterocycles. The van der Waals surface area contributed by atoms with E-state index in [-0.39, 0.29) is 12.5 Å². The molecule has 2 atom stereocenters. The molecule has 0 saturated heterocycles. The molecule has 3 aromatic carbocycles. The maximum absolute atomic E-state index is 10.7. The zero-order chi connectivity index (χ0) is 24.8. The first kappa shape index (κ1) is 25.2. The van der Waals surface area contributed by atoms with Crippen LogP contribution in [0.1, 0.15) is 23.6 Å². The number of hydrogen-bond acceptors (Lipinski definition) is 5. The van der Waals surface area contributed by atoms with Crippen molar-refractivity contribution >= 4 is 27.5 Å². The Kier molecular flexibility index (Phi) is 8.08. The Bertz CT molecular complexity index is 1290. The van der Waals surface area contributed by atoms with Gasteiger partial charge in [-0.25, -0.2) is 4.98 Å². The largest absolute Gasteiger partial charge is 0.472 e. The number of alkyl halides is 1. The smallest absolute Gasteiger partial charge is 0.238 e. The summed E-state index contributed by atoms with van der Waals surface area (Å²) < 4.78 is 13.2. The van der Waals surface area contributed by atoms with E-state index in [0.29, 0.717) is 17.9 Å². The number of benzene rings is 3. The number of ether oxygens (including phenoxy) is 2. The molecular weight excluding hydrogens is 528 g/mol. The van der Waals surface area contributed by atoms with Crippen molar-refractivity contribution in [2.45, 2.75) is 31.2 Å². The van der Waals surface area contributed by atoms with Gasteiger partial charge in [0.2, 0.25) is 10.9 Å². The fourth-order valence-electron chi connectivity index (χ4n) is 3.72. The van der Waals surface area contributed by atoms with Gasteiger partial charge in [0.05, 0.1) is 5.56 Å². The predicted octanol–water partition coefficient (Wildman–Crippen LogP) is 6.40. The number of aromatic nitrogens is 1. The molecule has 3 N–H and O–H groups in total. The van der Waals surface area contributed by atoms with Gasteiger partial charge in [-0.1, -0.05) is 72.3 Å². The molecular formula is C28H26BrClN2O3. The van der Waals surface area contributed by atoms with Gasteiger partial charge in [0.15, 0.2) is 0 Å². The molecule has 7 heteroatoms. The van der Waals surface area contributed by atoms with Crippen LogP contribution in [0.25, 0.3) is 11.1 Å². The summed E-state index contributed by atoms with van der Waals surface area (Å²) >= 11 is 10.6. The minimum atomic E-state index is -1.63. The van der Waals surface area contributed by atoms with E-state index in [2.05, 4.69) is 39.1 Å². The second kappa shape index (κ2) is 11.2. The maximum atomic E-state index is 10.7. The van der Waals surface area contributed by atoms with Crippen LogP contribution in [-0.2, 0) is 18.2 Å². The molecule has 5 nitrogen and oxygen atoms in total. The van der Waals surface area contributed by atoms with Crippen LogP contribution in [0.15, 0.2) is 95.6 Å². The second-order valence-corrected chi connectivity index (χ2v) is 9.42. The molecule has 0 aliphatic rings. The number of nitrogens with two attached hydrogens (primary N) is 1. The van der Waals surface area contributed by atoms with E-state index >= 15 is 0 Å². The van der Waals surface area contributed by atoms with Crippen molar-refractivity contribution in [3.8, 4) is 22.8 Å². The van der Waals surface area contributed by atoms with E-state index < -0.39 is 11.2 Å². The summed E-state index contributed by atoms with van der Waals surface area (Å²) in [6.45, 7) is 2.16. The Morgan fingerprint density at radius 3 is 2.54 bits per heavy atom. The van der Waals surface area contributed by atoms with Crippen LogP contribution in [0.3, 0.4) is 0 Å². The van der Waals surface area contributed by atoms with E-state index in [9.17, 15) is 5.11 Å². The standard InChI is InChI=1S/C28H26BrClN2O3/c1-19(33)28(30,35-23-12-5-8-20(16-23)17-31)25-14-7-15-32-27(25)34-18-22-11-6-13-24(26(22)29)21-9-3-2-4-10-21/h2-16,19,33H,17-18,31H2,1H3. The zero-order valence-corrected chi connectivity index (χ0v) is 21.5. The van der Waals surface area contributed by atoms with Crippen molar-refractivity contribution in [2.24, 2.45) is 5.73 Å². The summed E-state index contributed by atoms with van der Waals surface area (Å²) in [5, 5.41) is 9.03. The second-order valence-electron chi connectivity index (χ2n) is 8.06. The Hall–Kier alpha value is -2.90. The molecule has 0 fully saturated rings. The maximum Gasteiger partial charge on any atom is 0.238 e. The van der Waals surface area contributed by atoms with Crippen LogP contribution in [0.5, 0.6) is 11.6 Å². The molecule has 0 aliphatic carbocycles. The van der Waals surface area contributed by atoms with Gasteiger partial charge in [0, 0.05) is 22.8 Å². The molecule has 35 heavy (non-hydrogen) atoms. The van der Waals surface area contributed by atoms with Crippen LogP contribution >= 0.6 is 27.5 Å². The minimum Gasteiger partial charge on any atom is -0.472 e. The van der Waals surface area contributed by atoms with Crippen LogP contribution in [0.2, 0.25) is 0 Å². The predicted molar refractivity (Wildman–Crippen MR) is 142 cm³/mol. The monoisotopic (exact) mass is 552 g/mol. The summed E-state index contributed by atoms with van der Waals surface area (Å²) in [4.78, 5) is 4.39. The number of nitrogens with zero attached hydrogens (tertiary/aromatic N) is 1. The number of aliphatic hydroxyl groups is 1. The Morgan fingerprint density at radius 2 is 1.80 bits per heavy atom. The van der Waals surface area contributed by atoms with E-state index in [4.69, 9.17) is 26.8 Å². The third-order valence-electron chi connectivity index (χ3n) is 5.60. The average molecular weight is 554 g/mol. The molecule has 4 rings (SSSR count). The van der Waals surface area contributed by atoms with Crippen molar-refractivity contribution in [3.05, 3.63) is 112 Å². The highest BCUT2D eigenvalue weighted by Crippen LogP contribution is 2.40. The van der Waals surface area contributed by atoms with Gasteiger partial charge in [-0.05, 0) is 63.8 Å². The summed E-state index contributed by atoms with van der Waals surface area (Å²) in [5.74, 6) is 0.757. The van der Waals surface area contributed by atoms with Gasteiger partial charge in [-0.2, -0.15) is 0 Å². The average Bonchev–Trinajstić information content (AvgIpc) is 2.88. The highest BCUT2D eigenvalue weighted by Gasteiger charge is 2.41. The third-order valence-corrected chi connectivity index (χ3v) is 7.14. The molecule has 180 valence electrons. The number of rotatable bonds is 9. The summed E-state index contributed by atoms with van der Waals surface area (Å²) in [6, 6.07) is 26.9. The first-order chi connectivity index (χ1) is 16.9. The molecule has 0 amide bonds. The van der Waals surface area contributed by atoms with Crippen molar-refractivity contribution in [3.63, 3.8) is 0 Å². The highest BCUT2D eigenvalue weighted by molar-refractivity contribution is 9.10. The van der Waals surface area contributed by atoms with Gasteiger partial charge < -0.3 is 20.3 Å². The fraction of sp³-hybridized carbons (Fsp3) is 0.179. The van der Waals surface area contributed by atoms with Crippen molar-refractivity contribution in [2.75, 3.05) is 0 Å². The first-order valence-electron chi connectivity index (χ1n) is 11.2. The third kappa shape index (κ3) is 5.68. The SMILES string of the molecule is CC(O)C(Cl)(Oc1cccc(CN)c1)c1cccnc1OCc1cccc(-c2ccccc2)c1Br. The first-order valence-corrected chi connectivity index (χ1v) is 12.4. The molecule has 2 unspecified atom stereocenters.